The maximum atomic E-state index is 9.80. The lowest BCUT2D eigenvalue weighted by Gasteiger charge is -2.33. The largest absolute Gasteiger partial charge is 0.487 e. The number of allylic oxidation sites excluding steroid dienone is 2. The van der Waals surface area contributed by atoms with Gasteiger partial charge in [-0.1, -0.05) is 30.7 Å². The van der Waals surface area contributed by atoms with Gasteiger partial charge in [-0.3, -0.25) is 0 Å². The van der Waals surface area contributed by atoms with Crippen molar-refractivity contribution in [3.8, 4) is 11.8 Å². The van der Waals surface area contributed by atoms with Crippen molar-refractivity contribution in [2.75, 3.05) is 25.0 Å². The average molecular weight is 448 g/mol. The first-order chi connectivity index (χ1) is 15.5. The van der Waals surface area contributed by atoms with E-state index in [4.69, 9.17) is 16.3 Å². The van der Waals surface area contributed by atoms with Crippen LogP contribution in [0.15, 0.2) is 42.7 Å². The van der Waals surface area contributed by atoms with Gasteiger partial charge < -0.3 is 20.3 Å². The van der Waals surface area contributed by atoms with Crippen LogP contribution in [0.5, 0.6) is 5.75 Å². The van der Waals surface area contributed by atoms with Crippen molar-refractivity contribution in [2.24, 2.45) is 0 Å². The maximum Gasteiger partial charge on any atom is 0.183 e. The SMILES string of the molecule is CCN1CCC(Oc2c(C#N)ncc3c2C2=CC(c4ccc(Cl)cc4)=CNC2(C)N3)CC1. The molecule has 1 atom stereocenters. The van der Waals surface area contributed by atoms with Gasteiger partial charge in [-0.05, 0) is 55.7 Å². The van der Waals surface area contributed by atoms with Crippen LogP contribution in [0, 0.1) is 11.3 Å². The molecule has 1 aromatic heterocycles. The minimum Gasteiger partial charge on any atom is -0.487 e. The third kappa shape index (κ3) is 3.62. The molecule has 0 aliphatic carbocycles. The van der Waals surface area contributed by atoms with Gasteiger partial charge in [0.1, 0.15) is 17.8 Å². The van der Waals surface area contributed by atoms with Gasteiger partial charge >= 0.3 is 0 Å². The number of piperidine rings is 1. The van der Waals surface area contributed by atoms with Crippen LogP contribution in [0.4, 0.5) is 5.69 Å². The van der Waals surface area contributed by atoms with Crippen molar-refractivity contribution in [3.63, 3.8) is 0 Å². The van der Waals surface area contributed by atoms with E-state index in [-0.39, 0.29) is 6.10 Å². The van der Waals surface area contributed by atoms with Crippen molar-refractivity contribution < 1.29 is 4.74 Å². The Morgan fingerprint density at radius 2 is 2.03 bits per heavy atom. The molecule has 0 bridgehead atoms. The predicted molar refractivity (Wildman–Crippen MR) is 127 cm³/mol. The summed E-state index contributed by atoms with van der Waals surface area (Å²) >= 11 is 6.08. The van der Waals surface area contributed by atoms with Crippen LogP contribution >= 0.6 is 11.6 Å². The number of hydrogen-bond donors (Lipinski definition) is 2. The van der Waals surface area contributed by atoms with Crippen molar-refractivity contribution in [2.45, 2.75) is 38.5 Å². The highest BCUT2D eigenvalue weighted by Gasteiger charge is 2.42. The first kappa shape index (κ1) is 20.9. The summed E-state index contributed by atoms with van der Waals surface area (Å²) in [5.41, 5.74) is 4.77. The third-order valence-corrected chi connectivity index (χ3v) is 6.84. The lowest BCUT2D eigenvalue weighted by atomic mass is 9.90. The zero-order valence-electron chi connectivity index (χ0n) is 18.3. The lowest BCUT2D eigenvalue weighted by Crippen LogP contribution is -2.45. The first-order valence-electron chi connectivity index (χ1n) is 11.1. The monoisotopic (exact) mass is 447 g/mol. The summed E-state index contributed by atoms with van der Waals surface area (Å²) in [7, 11) is 0. The van der Waals surface area contributed by atoms with Crippen LogP contribution in [0.25, 0.3) is 11.1 Å². The van der Waals surface area contributed by atoms with E-state index < -0.39 is 5.66 Å². The number of halogens is 1. The molecular formula is C25H26ClN5O. The van der Waals surface area contributed by atoms with Crippen LogP contribution < -0.4 is 15.4 Å². The Balaban J connectivity index is 1.54. The Morgan fingerprint density at radius 3 is 2.72 bits per heavy atom. The number of aromatic nitrogens is 1. The second-order valence-corrected chi connectivity index (χ2v) is 9.08. The fourth-order valence-corrected chi connectivity index (χ4v) is 4.83. The summed E-state index contributed by atoms with van der Waals surface area (Å²) < 4.78 is 6.51. The Kier molecular flexibility index (Phi) is 5.32. The summed E-state index contributed by atoms with van der Waals surface area (Å²) in [5, 5.41) is 17.5. The van der Waals surface area contributed by atoms with E-state index in [0.717, 1.165) is 60.4 Å². The molecule has 6 nitrogen and oxygen atoms in total. The highest BCUT2D eigenvalue weighted by Crippen LogP contribution is 2.49. The Labute approximate surface area is 193 Å². The molecule has 4 heterocycles. The van der Waals surface area contributed by atoms with Gasteiger partial charge in [-0.15, -0.1) is 0 Å². The van der Waals surface area contributed by atoms with E-state index in [0.29, 0.717) is 16.5 Å². The quantitative estimate of drug-likeness (QED) is 0.711. The third-order valence-electron chi connectivity index (χ3n) is 6.59. The number of hydrogen-bond acceptors (Lipinski definition) is 6. The Morgan fingerprint density at radius 1 is 1.28 bits per heavy atom. The van der Waals surface area contributed by atoms with Gasteiger partial charge in [0.15, 0.2) is 11.4 Å². The van der Waals surface area contributed by atoms with Gasteiger partial charge in [0.25, 0.3) is 0 Å². The zero-order valence-corrected chi connectivity index (χ0v) is 19.0. The average Bonchev–Trinajstić information content (AvgIpc) is 3.12. The summed E-state index contributed by atoms with van der Waals surface area (Å²) in [6, 6.07) is 10.0. The van der Waals surface area contributed by atoms with Crippen LogP contribution in [-0.2, 0) is 0 Å². The number of nitriles is 1. The van der Waals surface area contributed by atoms with Crippen molar-refractivity contribution >= 4 is 28.4 Å². The molecule has 2 N–H and O–H groups in total. The molecule has 5 rings (SSSR count). The fraction of sp³-hybridized carbons (Fsp3) is 0.360. The normalized spacial score (nSPS) is 22.6. The van der Waals surface area contributed by atoms with E-state index in [2.05, 4.69) is 46.5 Å². The predicted octanol–water partition coefficient (Wildman–Crippen LogP) is 4.64. The van der Waals surface area contributed by atoms with Gasteiger partial charge in [0, 0.05) is 29.9 Å². The van der Waals surface area contributed by atoms with E-state index in [1.807, 2.05) is 30.5 Å². The lowest BCUT2D eigenvalue weighted by molar-refractivity contribution is 0.103. The summed E-state index contributed by atoms with van der Waals surface area (Å²) in [4.78, 5) is 6.82. The number of nitrogens with zero attached hydrogens (tertiary/aromatic N) is 3. The maximum absolute atomic E-state index is 9.80. The highest BCUT2D eigenvalue weighted by atomic mass is 35.5. The molecule has 1 saturated heterocycles. The van der Waals surface area contributed by atoms with Crippen LogP contribution in [0.2, 0.25) is 5.02 Å². The fourth-order valence-electron chi connectivity index (χ4n) is 4.70. The Bertz CT molecular complexity index is 1140. The zero-order chi connectivity index (χ0) is 22.3. The molecule has 7 heteroatoms. The molecule has 3 aliphatic rings. The molecule has 0 spiro atoms. The molecule has 32 heavy (non-hydrogen) atoms. The molecule has 3 aliphatic heterocycles. The first-order valence-corrected chi connectivity index (χ1v) is 11.4. The second-order valence-electron chi connectivity index (χ2n) is 8.65. The number of pyridine rings is 1. The molecule has 1 fully saturated rings. The molecule has 0 amide bonds. The number of nitrogens with one attached hydrogen (secondary N) is 2. The molecule has 2 aromatic rings. The summed E-state index contributed by atoms with van der Waals surface area (Å²) in [6.45, 7) is 7.34. The van der Waals surface area contributed by atoms with E-state index in [1.165, 1.54) is 0 Å². The van der Waals surface area contributed by atoms with Gasteiger partial charge in [0.2, 0.25) is 0 Å². The van der Waals surface area contributed by atoms with Crippen LogP contribution in [-0.4, -0.2) is 41.3 Å². The number of rotatable bonds is 4. The van der Waals surface area contributed by atoms with Crippen LogP contribution in [0.3, 0.4) is 0 Å². The Hall–Kier alpha value is -3.01. The molecule has 0 radical (unpaired) electrons. The van der Waals surface area contributed by atoms with Crippen molar-refractivity contribution in [3.05, 3.63) is 64.6 Å². The van der Waals surface area contributed by atoms with E-state index >= 15 is 0 Å². The number of ether oxygens (including phenoxy) is 1. The van der Waals surface area contributed by atoms with Crippen molar-refractivity contribution in [1.82, 2.24) is 15.2 Å². The molecular weight excluding hydrogens is 422 g/mol. The molecule has 164 valence electrons. The standard InChI is InChI=1S/C25H26ClN5O/c1-3-31-10-8-19(9-11-31)32-24-21(13-27)28-15-22-23(24)20-12-17(14-29-25(20,2)30-22)16-4-6-18(26)7-5-16/h4-7,12,14-15,19,29-30H,3,8-11H2,1-2H3. The van der Waals surface area contributed by atoms with Crippen molar-refractivity contribution in [1.29, 1.82) is 5.26 Å². The summed E-state index contributed by atoms with van der Waals surface area (Å²) in [5.74, 6) is 0.585. The van der Waals surface area contributed by atoms with Gasteiger partial charge in [-0.2, -0.15) is 5.26 Å². The molecule has 0 saturated carbocycles. The second kappa shape index (κ2) is 8.16. The van der Waals surface area contributed by atoms with E-state index in [1.54, 1.807) is 6.20 Å². The number of fused-ring (bicyclic) bond motifs is 3. The van der Waals surface area contributed by atoms with Crippen LogP contribution in [0.1, 0.15) is 43.5 Å². The highest BCUT2D eigenvalue weighted by molar-refractivity contribution is 6.30. The number of benzene rings is 1. The minimum atomic E-state index is -0.502. The smallest absolute Gasteiger partial charge is 0.183 e. The number of likely N-dealkylation sites (tertiary alicyclic amines) is 1. The van der Waals surface area contributed by atoms with Gasteiger partial charge in [0.05, 0.1) is 17.4 Å². The molecule has 1 aromatic carbocycles. The number of anilines is 1. The number of dihydropyridines is 1. The topological polar surface area (TPSA) is 73.2 Å². The van der Waals surface area contributed by atoms with E-state index in [9.17, 15) is 5.26 Å². The van der Waals surface area contributed by atoms with Gasteiger partial charge in [-0.25, -0.2) is 4.98 Å². The summed E-state index contributed by atoms with van der Waals surface area (Å²) in [6.07, 6.45) is 7.86. The minimum absolute atomic E-state index is 0.0773. The molecule has 1 unspecified atom stereocenters.